The van der Waals surface area contributed by atoms with Crippen molar-refractivity contribution in [1.82, 2.24) is 9.80 Å². The van der Waals surface area contributed by atoms with Gasteiger partial charge in [-0.25, -0.2) is 4.79 Å². The lowest BCUT2D eigenvalue weighted by Gasteiger charge is -2.35. The third-order valence-corrected chi connectivity index (χ3v) is 4.73. The molecule has 0 spiro atoms. The van der Waals surface area contributed by atoms with Crippen LogP contribution in [0.3, 0.4) is 0 Å². The van der Waals surface area contributed by atoms with E-state index in [0.717, 1.165) is 0 Å². The molecule has 1 unspecified atom stereocenters. The van der Waals surface area contributed by atoms with E-state index in [9.17, 15) is 28.2 Å². The average molecular weight is 372 g/mol. The third kappa shape index (κ3) is 5.49. The second-order valence-electron chi connectivity index (χ2n) is 5.85. The Kier molecular flexibility index (Phi) is 6.11. The van der Waals surface area contributed by atoms with Gasteiger partial charge in [0.25, 0.3) is 16.0 Å². The molecule has 2 rings (SSSR count). The number of piperazine rings is 1. The quantitative estimate of drug-likeness (QED) is 0.563. The monoisotopic (exact) mass is 372 g/mol. The van der Waals surface area contributed by atoms with Crippen LogP contribution >= 0.6 is 0 Å². The molecule has 1 aliphatic rings. The van der Waals surface area contributed by atoms with E-state index in [4.69, 9.17) is 4.55 Å². The molecule has 9 nitrogen and oxygen atoms in total. The van der Waals surface area contributed by atoms with Gasteiger partial charge in [0.15, 0.2) is 0 Å². The first-order chi connectivity index (χ1) is 11.7. The Labute approximate surface area is 145 Å². The topological polar surface area (TPSA) is 135 Å². The molecule has 1 amide bonds. The van der Waals surface area contributed by atoms with Gasteiger partial charge in [-0.15, -0.1) is 0 Å². The summed E-state index contributed by atoms with van der Waals surface area (Å²) in [5.41, 5.74) is 0.0633. The number of carboxylic acid groups (broad SMARTS) is 1. The molecular weight excluding hydrogens is 352 g/mol. The predicted molar refractivity (Wildman–Crippen MR) is 88.2 cm³/mol. The van der Waals surface area contributed by atoms with Crippen molar-refractivity contribution in [2.45, 2.75) is 6.10 Å². The van der Waals surface area contributed by atoms with Crippen LogP contribution in [0.5, 0.6) is 0 Å². The summed E-state index contributed by atoms with van der Waals surface area (Å²) in [4.78, 5) is 27.0. The van der Waals surface area contributed by atoms with Gasteiger partial charge >= 0.3 is 5.97 Å². The minimum atomic E-state index is -4.24. The number of nitrogens with zero attached hydrogens (tertiary/aromatic N) is 2. The maximum Gasteiger partial charge on any atom is 0.336 e. The number of rotatable bonds is 6. The molecule has 1 atom stereocenters. The Bertz CT molecular complexity index is 742. The summed E-state index contributed by atoms with van der Waals surface area (Å²) in [5.74, 6) is -2.29. The van der Waals surface area contributed by atoms with E-state index >= 15 is 0 Å². The number of hydrogen-bond donors (Lipinski definition) is 3. The minimum absolute atomic E-state index is 0.0569. The van der Waals surface area contributed by atoms with Crippen molar-refractivity contribution >= 4 is 22.0 Å². The van der Waals surface area contributed by atoms with Crippen LogP contribution in [0.15, 0.2) is 24.3 Å². The number of aromatic carboxylic acids is 1. The average Bonchev–Trinajstić information content (AvgIpc) is 2.53. The molecule has 0 saturated carbocycles. The van der Waals surface area contributed by atoms with E-state index in [-0.39, 0.29) is 23.6 Å². The van der Waals surface area contributed by atoms with Crippen molar-refractivity contribution in [3.05, 3.63) is 35.4 Å². The fourth-order valence-corrected chi connectivity index (χ4v) is 3.35. The number of aliphatic hydroxyl groups is 1. The number of carboxylic acids is 1. The van der Waals surface area contributed by atoms with E-state index in [1.807, 2.05) is 0 Å². The Balaban J connectivity index is 1.94. The maximum absolute atomic E-state index is 12.5. The second-order valence-corrected chi connectivity index (χ2v) is 7.34. The van der Waals surface area contributed by atoms with Gasteiger partial charge in [-0.1, -0.05) is 12.1 Å². The molecule has 10 heteroatoms. The number of benzene rings is 1. The normalized spacial score (nSPS) is 17.3. The highest BCUT2D eigenvalue weighted by Gasteiger charge is 2.26. The lowest BCUT2D eigenvalue weighted by Crippen LogP contribution is -2.51. The smallest absolute Gasteiger partial charge is 0.336 e. The highest BCUT2D eigenvalue weighted by Crippen LogP contribution is 2.14. The molecule has 0 bridgehead atoms. The molecule has 1 fully saturated rings. The van der Waals surface area contributed by atoms with Crippen LogP contribution in [0.1, 0.15) is 20.7 Å². The summed E-state index contributed by atoms with van der Waals surface area (Å²) >= 11 is 0. The zero-order valence-corrected chi connectivity index (χ0v) is 14.2. The van der Waals surface area contributed by atoms with Crippen LogP contribution in [0, 0.1) is 0 Å². The molecule has 1 saturated heterocycles. The number of carbonyl (C=O) groups is 2. The fraction of sp³-hybridized carbons (Fsp3) is 0.467. The summed E-state index contributed by atoms with van der Waals surface area (Å²) in [6, 6.07) is 5.99. The molecule has 0 aromatic heterocycles. The van der Waals surface area contributed by atoms with Gasteiger partial charge in [0.05, 0.1) is 17.2 Å². The molecular formula is C15H20N2O7S. The standard InChI is InChI=1S/C15H20N2O7S/c18-11(10-25(22,23)24)9-16-5-7-17(8-6-16)14(19)12-3-1-2-4-13(12)15(20)21/h1-4,11,18H,5-10H2,(H,20,21)(H,22,23,24). The highest BCUT2D eigenvalue weighted by atomic mass is 32.2. The van der Waals surface area contributed by atoms with E-state index in [1.54, 1.807) is 17.0 Å². The molecule has 1 heterocycles. The second kappa shape index (κ2) is 7.91. The minimum Gasteiger partial charge on any atom is -0.478 e. The third-order valence-electron chi connectivity index (χ3n) is 3.92. The zero-order chi connectivity index (χ0) is 18.6. The number of aliphatic hydroxyl groups excluding tert-OH is 1. The van der Waals surface area contributed by atoms with Gasteiger partial charge < -0.3 is 15.1 Å². The number of β-amino-alcohol motifs (C(OH)–C–C–N with tert-alkyl or cyclic N) is 1. The molecule has 1 aromatic rings. The van der Waals surface area contributed by atoms with Gasteiger partial charge in [-0.3, -0.25) is 14.2 Å². The maximum atomic E-state index is 12.5. The van der Waals surface area contributed by atoms with E-state index < -0.39 is 27.9 Å². The zero-order valence-electron chi connectivity index (χ0n) is 13.4. The Hall–Kier alpha value is -2.01. The Morgan fingerprint density at radius 2 is 1.64 bits per heavy atom. The van der Waals surface area contributed by atoms with Gasteiger partial charge in [0, 0.05) is 32.7 Å². The largest absolute Gasteiger partial charge is 0.478 e. The first-order valence-electron chi connectivity index (χ1n) is 7.64. The van der Waals surface area contributed by atoms with Crippen LogP contribution in [0.25, 0.3) is 0 Å². The number of amides is 1. The summed E-state index contributed by atoms with van der Waals surface area (Å²) < 4.78 is 30.2. The summed E-state index contributed by atoms with van der Waals surface area (Å²) in [5, 5.41) is 18.8. The number of carbonyl (C=O) groups excluding carboxylic acids is 1. The van der Waals surface area contributed by atoms with E-state index in [2.05, 4.69) is 0 Å². The van der Waals surface area contributed by atoms with Crippen molar-refractivity contribution in [2.24, 2.45) is 0 Å². The summed E-state index contributed by atoms with van der Waals surface area (Å²) in [7, 11) is -4.24. The molecule has 0 radical (unpaired) electrons. The van der Waals surface area contributed by atoms with Gasteiger partial charge in [-0.2, -0.15) is 8.42 Å². The summed E-state index contributed by atoms with van der Waals surface area (Å²) in [6.45, 7) is 1.53. The Morgan fingerprint density at radius 1 is 1.08 bits per heavy atom. The van der Waals surface area contributed by atoms with E-state index in [0.29, 0.717) is 26.2 Å². The lowest BCUT2D eigenvalue weighted by atomic mass is 10.1. The molecule has 1 aliphatic heterocycles. The fourth-order valence-electron chi connectivity index (χ4n) is 2.75. The van der Waals surface area contributed by atoms with Gasteiger partial charge in [0.1, 0.15) is 5.75 Å². The van der Waals surface area contributed by atoms with Gasteiger partial charge in [-0.05, 0) is 12.1 Å². The SMILES string of the molecule is O=C(O)c1ccccc1C(=O)N1CCN(CC(O)CS(=O)(=O)O)CC1. The van der Waals surface area contributed by atoms with Crippen molar-refractivity contribution in [3.8, 4) is 0 Å². The van der Waals surface area contributed by atoms with Crippen LogP contribution in [-0.2, 0) is 10.1 Å². The van der Waals surface area contributed by atoms with Crippen LogP contribution in [0.2, 0.25) is 0 Å². The number of hydrogen-bond acceptors (Lipinski definition) is 6. The van der Waals surface area contributed by atoms with Gasteiger partial charge in [0.2, 0.25) is 0 Å². The molecule has 0 aliphatic carbocycles. The van der Waals surface area contributed by atoms with E-state index in [1.165, 1.54) is 17.0 Å². The molecule has 3 N–H and O–H groups in total. The van der Waals surface area contributed by atoms with Crippen molar-refractivity contribution in [3.63, 3.8) is 0 Å². The molecule has 1 aromatic carbocycles. The van der Waals surface area contributed by atoms with Crippen molar-refractivity contribution in [2.75, 3.05) is 38.5 Å². The Morgan fingerprint density at radius 3 is 2.16 bits per heavy atom. The summed E-state index contributed by atoms with van der Waals surface area (Å²) in [6.07, 6.45) is -1.22. The molecule has 138 valence electrons. The van der Waals surface area contributed by atoms with Crippen LogP contribution in [0.4, 0.5) is 0 Å². The first-order valence-corrected chi connectivity index (χ1v) is 9.25. The first kappa shape index (κ1) is 19.3. The molecule has 25 heavy (non-hydrogen) atoms. The van der Waals surface area contributed by atoms with Crippen LogP contribution in [-0.4, -0.2) is 89.4 Å². The lowest BCUT2D eigenvalue weighted by molar-refractivity contribution is 0.0545. The highest BCUT2D eigenvalue weighted by molar-refractivity contribution is 7.85. The van der Waals surface area contributed by atoms with Crippen LogP contribution < -0.4 is 0 Å². The predicted octanol–water partition coefficient (Wildman–Crippen LogP) is -0.609. The van der Waals surface area contributed by atoms with Crippen molar-refractivity contribution < 1.29 is 32.8 Å². The van der Waals surface area contributed by atoms with Crippen molar-refractivity contribution in [1.29, 1.82) is 0 Å².